The first-order chi connectivity index (χ1) is 7.17. The monoisotopic (exact) mass is 217 g/mol. The maximum Gasteiger partial charge on any atom is 0.230 e. The minimum atomic E-state index is -0.558. The Labute approximate surface area is 89.5 Å². The molecule has 0 heterocycles. The van der Waals surface area contributed by atoms with E-state index < -0.39 is 5.92 Å². The normalized spacial score (nSPS) is 13.6. The lowest BCUT2D eigenvalue weighted by Gasteiger charge is -2.14. The van der Waals surface area contributed by atoms with Crippen molar-refractivity contribution in [2.75, 3.05) is 20.3 Å². The smallest absolute Gasteiger partial charge is 0.230 e. The minimum absolute atomic E-state index is 0.0493. The summed E-state index contributed by atoms with van der Waals surface area (Å²) in [6.07, 6.45) is 1.35. The summed E-state index contributed by atoms with van der Waals surface area (Å²) in [7, 11) is 1.55. The van der Waals surface area contributed by atoms with Gasteiger partial charge in [0.1, 0.15) is 0 Å². The lowest BCUT2D eigenvalue weighted by molar-refractivity contribution is -0.123. The third-order valence-corrected chi connectivity index (χ3v) is 1.97. The van der Waals surface area contributed by atoms with Crippen LogP contribution in [0.4, 0.5) is 0 Å². The fourth-order valence-corrected chi connectivity index (χ4v) is 1.17. The summed E-state index contributed by atoms with van der Waals surface area (Å²) in [5, 5.41) is 14.0. The van der Waals surface area contributed by atoms with Crippen molar-refractivity contribution < 1.29 is 14.7 Å². The number of ether oxygens (including phenoxy) is 1. The number of carbonyl (C=O) groups is 1. The highest BCUT2D eigenvalue weighted by Crippen LogP contribution is 2.06. The Bertz CT molecular complexity index is 219. The first kappa shape index (κ1) is 13.7. The molecular formula is C9H19N3O3. The summed E-state index contributed by atoms with van der Waals surface area (Å²) in [6.45, 7) is 2.80. The SMILES string of the molecule is CCCC(C(=O)NCCOC)C(N)=NO. The van der Waals surface area contributed by atoms with Crippen LogP contribution in [0.1, 0.15) is 19.8 Å². The number of amidine groups is 1. The van der Waals surface area contributed by atoms with Gasteiger partial charge in [0.2, 0.25) is 5.91 Å². The molecule has 1 amide bonds. The molecule has 4 N–H and O–H groups in total. The van der Waals surface area contributed by atoms with Crippen molar-refractivity contribution in [3.05, 3.63) is 0 Å². The molecule has 0 spiro atoms. The maximum absolute atomic E-state index is 11.6. The molecule has 88 valence electrons. The molecule has 0 aromatic rings. The third-order valence-electron chi connectivity index (χ3n) is 1.97. The molecule has 0 aliphatic carbocycles. The molecule has 1 atom stereocenters. The quantitative estimate of drug-likeness (QED) is 0.182. The van der Waals surface area contributed by atoms with E-state index in [2.05, 4.69) is 10.5 Å². The molecule has 0 saturated carbocycles. The fraction of sp³-hybridized carbons (Fsp3) is 0.778. The molecule has 0 aliphatic rings. The molecule has 6 heteroatoms. The van der Waals surface area contributed by atoms with Crippen LogP contribution < -0.4 is 11.1 Å². The topological polar surface area (TPSA) is 96.9 Å². The number of amides is 1. The summed E-state index contributed by atoms with van der Waals surface area (Å²) < 4.78 is 4.79. The van der Waals surface area contributed by atoms with E-state index in [1.54, 1.807) is 7.11 Å². The van der Waals surface area contributed by atoms with Gasteiger partial charge < -0.3 is 21.0 Å². The van der Waals surface area contributed by atoms with E-state index in [9.17, 15) is 4.79 Å². The number of nitrogens with zero attached hydrogens (tertiary/aromatic N) is 1. The molecule has 0 bridgehead atoms. The van der Waals surface area contributed by atoms with Gasteiger partial charge in [-0.2, -0.15) is 0 Å². The number of carbonyl (C=O) groups excluding carboxylic acids is 1. The Balaban J connectivity index is 4.17. The summed E-state index contributed by atoms with van der Waals surface area (Å²) >= 11 is 0. The van der Waals surface area contributed by atoms with Gasteiger partial charge in [-0.05, 0) is 6.42 Å². The van der Waals surface area contributed by atoms with Gasteiger partial charge >= 0.3 is 0 Å². The van der Waals surface area contributed by atoms with Crippen LogP contribution in [0.3, 0.4) is 0 Å². The minimum Gasteiger partial charge on any atom is -0.409 e. The summed E-state index contributed by atoms with van der Waals surface area (Å²) in [5.74, 6) is -0.840. The zero-order chi connectivity index (χ0) is 11.7. The van der Waals surface area contributed by atoms with Crippen molar-refractivity contribution in [2.45, 2.75) is 19.8 Å². The molecular weight excluding hydrogens is 198 g/mol. The number of oxime groups is 1. The maximum atomic E-state index is 11.6. The predicted octanol–water partition coefficient (Wildman–Crippen LogP) is -0.0883. The molecule has 0 rings (SSSR count). The Morgan fingerprint density at radius 3 is 2.80 bits per heavy atom. The molecule has 6 nitrogen and oxygen atoms in total. The van der Waals surface area contributed by atoms with Gasteiger partial charge in [-0.25, -0.2) is 0 Å². The van der Waals surface area contributed by atoms with E-state index in [-0.39, 0.29) is 11.7 Å². The molecule has 0 fully saturated rings. The van der Waals surface area contributed by atoms with Crippen molar-refractivity contribution in [2.24, 2.45) is 16.8 Å². The average molecular weight is 217 g/mol. The molecule has 0 aliphatic heterocycles. The average Bonchev–Trinajstić information content (AvgIpc) is 2.25. The number of rotatable bonds is 7. The van der Waals surface area contributed by atoms with Crippen LogP contribution in [0.15, 0.2) is 5.16 Å². The standard InChI is InChI=1S/C9H19N3O3/c1-3-4-7(8(10)12-14)9(13)11-5-6-15-2/h7,14H,3-6H2,1-2H3,(H2,10,12)(H,11,13). The van der Waals surface area contributed by atoms with Gasteiger partial charge in [0.15, 0.2) is 5.84 Å². The van der Waals surface area contributed by atoms with Crippen molar-refractivity contribution in [1.29, 1.82) is 0 Å². The number of hydrogen-bond acceptors (Lipinski definition) is 4. The van der Waals surface area contributed by atoms with Crippen LogP contribution in [0.2, 0.25) is 0 Å². The van der Waals surface area contributed by atoms with Crippen LogP contribution in [-0.2, 0) is 9.53 Å². The number of methoxy groups -OCH3 is 1. The highest BCUT2D eigenvalue weighted by Gasteiger charge is 2.21. The Kier molecular flexibility index (Phi) is 7.35. The van der Waals surface area contributed by atoms with Crippen molar-refractivity contribution >= 4 is 11.7 Å². The summed E-state index contributed by atoms with van der Waals surface area (Å²) in [6, 6.07) is 0. The second-order valence-electron chi connectivity index (χ2n) is 3.15. The van der Waals surface area contributed by atoms with Crippen molar-refractivity contribution in [3.63, 3.8) is 0 Å². The number of nitrogens with two attached hydrogens (primary N) is 1. The zero-order valence-corrected chi connectivity index (χ0v) is 9.19. The van der Waals surface area contributed by atoms with Crippen LogP contribution in [-0.4, -0.2) is 37.2 Å². The van der Waals surface area contributed by atoms with Gasteiger partial charge in [-0.1, -0.05) is 18.5 Å². The first-order valence-electron chi connectivity index (χ1n) is 4.91. The van der Waals surface area contributed by atoms with Gasteiger partial charge in [0, 0.05) is 13.7 Å². The van der Waals surface area contributed by atoms with Crippen LogP contribution >= 0.6 is 0 Å². The second-order valence-corrected chi connectivity index (χ2v) is 3.15. The molecule has 0 radical (unpaired) electrons. The van der Waals surface area contributed by atoms with E-state index in [1.165, 1.54) is 0 Å². The third kappa shape index (κ3) is 5.21. The lowest BCUT2D eigenvalue weighted by Crippen LogP contribution is -2.40. The van der Waals surface area contributed by atoms with Gasteiger partial charge in [-0.3, -0.25) is 4.79 Å². The number of hydrogen-bond donors (Lipinski definition) is 3. The van der Waals surface area contributed by atoms with Gasteiger partial charge in [0.05, 0.1) is 12.5 Å². The van der Waals surface area contributed by atoms with E-state index in [1.807, 2.05) is 6.92 Å². The Morgan fingerprint density at radius 1 is 1.67 bits per heavy atom. The zero-order valence-electron chi connectivity index (χ0n) is 9.19. The van der Waals surface area contributed by atoms with E-state index in [0.717, 1.165) is 6.42 Å². The molecule has 0 aromatic carbocycles. The molecule has 15 heavy (non-hydrogen) atoms. The molecule has 1 unspecified atom stereocenters. The largest absolute Gasteiger partial charge is 0.409 e. The van der Waals surface area contributed by atoms with Gasteiger partial charge in [0.25, 0.3) is 0 Å². The Hall–Kier alpha value is -1.30. The molecule has 0 saturated heterocycles. The van der Waals surface area contributed by atoms with Crippen molar-refractivity contribution in [1.82, 2.24) is 5.32 Å². The fourth-order valence-electron chi connectivity index (χ4n) is 1.17. The van der Waals surface area contributed by atoms with E-state index in [4.69, 9.17) is 15.7 Å². The van der Waals surface area contributed by atoms with Crippen molar-refractivity contribution in [3.8, 4) is 0 Å². The van der Waals surface area contributed by atoms with Crippen LogP contribution in [0.25, 0.3) is 0 Å². The van der Waals surface area contributed by atoms with E-state index >= 15 is 0 Å². The Morgan fingerprint density at radius 2 is 2.33 bits per heavy atom. The highest BCUT2D eigenvalue weighted by atomic mass is 16.5. The predicted molar refractivity (Wildman–Crippen MR) is 56.7 cm³/mol. The number of nitrogens with one attached hydrogen (secondary N) is 1. The first-order valence-corrected chi connectivity index (χ1v) is 4.91. The van der Waals surface area contributed by atoms with Gasteiger partial charge in [-0.15, -0.1) is 0 Å². The summed E-state index contributed by atoms with van der Waals surface area (Å²) in [5.41, 5.74) is 5.42. The van der Waals surface area contributed by atoms with Crippen LogP contribution in [0, 0.1) is 5.92 Å². The highest BCUT2D eigenvalue weighted by molar-refractivity contribution is 6.01. The molecule has 0 aromatic heterocycles. The second kappa shape index (κ2) is 8.05. The van der Waals surface area contributed by atoms with E-state index in [0.29, 0.717) is 19.6 Å². The van der Waals surface area contributed by atoms with Crippen LogP contribution in [0.5, 0.6) is 0 Å². The lowest BCUT2D eigenvalue weighted by atomic mass is 10.0. The summed E-state index contributed by atoms with van der Waals surface area (Å²) in [4.78, 5) is 11.6.